The highest BCUT2D eigenvalue weighted by molar-refractivity contribution is 7.80. The second kappa shape index (κ2) is 6.12. The van der Waals surface area contributed by atoms with Gasteiger partial charge in [-0.1, -0.05) is 30.3 Å². The van der Waals surface area contributed by atoms with Gasteiger partial charge in [-0.15, -0.1) is 0 Å². The Morgan fingerprint density at radius 2 is 1.94 bits per heavy atom. The fourth-order valence-corrected chi connectivity index (χ4v) is 1.69. The Morgan fingerprint density at radius 3 is 2.61 bits per heavy atom. The van der Waals surface area contributed by atoms with Crippen molar-refractivity contribution in [3.8, 4) is 0 Å². The summed E-state index contributed by atoms with van der Waals surface area (Å²) in [5.41, 5.74) is 3.08. The first kappa shape index (κ1) is 12.5. The van der Waals surface area contributed by atoms with Crippen molar-refractivity contribution < 1.29 is 0 Å². The fraction of sp³-hybridized carbons (Fsp3) is 0.143. The summed E-state index contributed by atoms with van der Waals surface area (Å²) in [5.74, 6) is 0. The number of anilines is 1. The standard InChI is InChI=1S/C14H15N3S/c1-11-7-8-13(10-15-11)17-14(18)16-9-12-5-3-2-4-6-12/h2-8,10H,9H2,1H3,(H2,16,17,18). The molecular formula is C14H15N3S. The molecule has 2 aromatic rings. The van der Waals surface area contributed by atoms with Crippen LogP contribution >= 0.6 is 12.2 Å². The molecule has 0 atom stereocenters. The lowest BCUT2D eigenvalue weighted by Crippen LogP contribution is -2.27. The number of hydrogen-bond donors (Lipinski definition) is 2. The third-order valence-electron chi connectivity index (χ3n) is 2.47. The number of aryl methyl sites for hydroxylation is 1. The van der Waals surface area contributed by atoms with Crippen LogP contribution in [0, 0.1) is 6.92 Å². The minimum absolute atomic E-state index is 0.601. The van der Waals surface area contributed by atoms with E-state index in [1.807, 2.05) is 37.3 Å². The topological polar surface area (TPSA) is 37.0 Å². The highest BCUT2D eigenvalue weighted by Gasteiger charge is 1.98. The number of aromatic nitrogens is 1. The Morgan fingerprint density at radius 1 is 1.17 bits per heavy atom. The molecule has 0 amide bonds. The van der Waals surface area contributed by atoms with Crippen LogP contribution in [0.2, 0.25) is 0 Å². The van der Waals surface area contributed by atoms with E-state index in [-0.39, 0.29) is 0 Å². The molecule has 3 nitrogen and oxygen atoms in total. The molecule has 1 aromatic carbocycles. The molecule has 0 bridgehead atoms. The van der Waals surface area contributed by atoms with Gasteiger partial charge in [-0.05, 0) is 36.8 Å². The van der Waals surface area contributed by atoms with E-state index in [2.05, 4.69) is 27.8 Å². The Hall–Kier alpha value is -1.94. The molecule has 92 valence electrons. The van der Waals surface area contributed by atoms with Crippen molar-refractivity contribution in [2.75, 3.05) is 5.32 Å². The summed E-state index contributed by atoms with van der Waals surface area (Å²) in [4.78, 5) is 4.20. The SMILES string of the molecule is Cc1ccc(NC(=S)NCc2ccccc2)cn1. The van der Waals surface area contributed by atoms with Crippen molar-refractivity contribution in [1.82, 2.24) is 10.3 Å². The van der Waals surface area contributed by atoms with Gasteiger partial charge in [0, 0.05) is 12.2 Å². The molecule has 0 radical (unpaired) electrons. The molecule has 0 spiro atoms. The highest BCUT2D eigenvalue weighted by atomic mass is 32.1. The summed E-state index contributed by atoms with van der Waals surface area (Å²) < 4.78 is 0. The van der Waals surface area contributed by atoms with Crippen molar-refractivity contribution >= 4 is 23.0 Å². The molecule has 4 heteroatoms. The molecule has 0 saturated heterocycles. The van der Waals surface area contributed by atoms with E-state index >= 15 is 0 Å². The van der Waals surface area contributed by atoms with E-state index in [0.29, 0.717) is 11.7 Å². The number of rotatable bonds is 3. The van der Waals surface area contributed by atoms with Crippen molar-refractivity contribution in [2.24, 2.45) is 0 Å². The first-order valence-corrected chi connectivity index (χ1v) is 6.16. The molecule has 0 unspecified atom stereocenters. The van der Waals surface area contributed by atoms with Crippen LogP contribution in [0.4, 0.5) is 5.69 Å². The summed E-state index contributed by atoms with van der Waals surface area (Å²) in [6.07, 6.45) is 1.77. The van der Waals surface area contributed by atoms with E-state index in [9.17, 15) is 0 Å². The summed E-state index contributed by atoms with van der Waals surface area (Å²) in [6.45, 7) is 2.67. The van der Waals surface area contributed by atoms with Gasteiger partial charge in [-0.25, -0.2) is 0 Å². The average molecular weight is 257 g/mol. The summed E-state index contributed by atoms with van der Waals surface area (Å²) in [6, 6.07) is 14.0. The molecule has 1 aromatic heterocycles. The van der Waals surface area contributed by atoms with Gasteiger partial charge in [0.05, 0.1) is 11.9 Å². The molecule has 2 rings (SSSR count). The van der Waals surface area contributed by atoms with Crippen LogP contribution < -0.4 is 10.6 Å². The Labute approximate surface area is 112 Å². The predicted molar refractivity (Wildman–Crippen MR) is 78.5 cm³/mol. The molecule has 0 fully saturated rings. The lowest BCUT2D eigenvalue weighted by Gasteiger charge is -2.10. The maximum Gasteiger partial charge on any atom is 0.171 e. The highest BCUT2D eigenvalue weighted by Crippen LogP contribution is 2.05. The Kier molecular flexibility index (Phi) is 4.25. The Balaban J connectivity index is 1.84. The molecule has 1 heterocycles. The lowest BCUT2D eigenvalue weighted by molar-refractivity contribution is 0.925. The second-order valence-corrected chi connectivity index (χ2v) is 4.39. The number of pyridine rings is 1. The monoisotopic (exact) mass is 257 g/mol. The van der Waals surface area contributed by atoms with Crippen LogP contribution in [0.3, 0.4) is 0 Å². The minimum Gasteiger partial charge on any atom is -0.358 e. The molecule has 0 aliphatic carbocycles. The zero-order valence-electron chi connectivity index (χ0n) is 10.2. The zero-order chi connectivity index (χ0) is 12.8. The van der Waals surface area contributed by atoms with Crippen LogP contribution in [-0.4, -0.2) is 10.1 Å². The number of hydrogen-bond acceptors (Lipinski definition) is 2. The lowest BCUT2D eigenvalue weighted by atomic mass is 10.2. The van der Waals surface area contributed by atoms with Crippen molar-refractivity contribution in [1.29, 1.82) is 0 Å². The third-order valence-corrected chi connectivity index (χ3v) is 2.71. The van der Waals surface area contributed by atoms with Crippen molar-refractivity contribution in [2.45, 2.75) is 13.5 Å². The molecular weight excluding hydrogens is 242 g/mol. The molecule has 0 aliphatic heterocycles. The predicted octanol–water partition coefficient (Wildman–Crippen LogP) is 2.88. The van der Waals surface area contributed by atoms with Crippen LogP contribution in [0.1, 0.15) is 11.3 Å². The maximum absolute atomic E-state index is 5.22. The molecule has 0 aliphatic rings. The van der Waals surface area contributed by atoms with Gasteiger partial charge in [0.25, 0.3) is 0 Å². The van der Waals surface area contributed by atoms with Crippen LogP contribution in [0.5, 0.6) is 0 Å². The molecule has 2 N–H and O–H groups in total. The summed E-state index contributed by atoms with van der Waals surface area (Å²) in [5, 5.41) is 6.85. The number of thiocarbonyl (C=S) groups is 1. The quantitative estimate of drug-likeness (QED) is 0.829. The largest absolute Gasteiger partial charge is 0.358 e. The van der Waals surface area contributed by atoms with Crippen LogP contribution in [0.25, 0.3) is 0 Å². The number of nitrogens with one attached hydrogen (secondary N) is 2. The van der Waals surface area contributed by atoms with Gasteiger partial charge < -0.3 is 10.6 Å². The van der Waals surface area contributed by atoms with Crippen LogP contribution in [-0.2, 0) is 6.54 Å². The first-order valence-electron chi connectivity index (χ1n) is 5.75. The van der Waals surface area contributed by atoms with Gasteiger partial charge >= 0.3 is 0 Å². The van der Waals surface area contributed by atoms with Gasteiger partial charge in [0.2, 0.25) is 0 Å². The van der Waals surface area contributed by atoms with Gasteiger partial charge in [-0.3, -0.25) is 4.98 Å². The first-order chi connectivity index (χ1) is 8.74. The van der Waals surface area contributed by atoms with Gasteiger partial charge in [0.15, 0.2) is 5.11 Å². The smallest absolute Gasteiger partial charge is 0.171 e. The molecule has 0 saturated carbocycles. The number of benzene rings is 1. The third kappa shape index (κ3) is 3.82. The molecule has 18 heavy (non-hydrogen) atoms. The van der Waals surface area contributed by atoms with E-state index in [1.165, 1.54) is 5.56 Å². The van der Waals surface area contributed by atoms with Crippen molar-refractivity contribution in [3.05, 3.63) is 59.9 Å². The average Bonchev–Trinajstić information content (AvgIpc) is 2.40. The van der Waals surface area contributed by atoms with E-state index in [4.69, 9.17) is 12.2 Å². The van der Waals surface area contributed by atoms with E-state index in [1.54, 1.807) is 6.20 Å². The van der Waals surface area contributed by atoms with Gasteiger partial charge in [0.1, 0.15) is 0 Å². The zero-order valence-corrected chi connectivity index (χ0v) is 11.0. The normalized spacial score (nSPS) is 9.83. The van der Waals surface area contributed by atoms with E-state index in [0.717, 1.165) is 11.4 Å². The maximum atomic E-state index is 5.22. The van der Waals surface area contributed by atoms with E-state index < -0.39 is 0 Å². The second-order valence-electron chi connectivity index (χ2n) is 3.98. The van der Waals surface area contributed by atoms with Crippen LogP contribution in [0.15, 0.2) is 48.7 Å². The number of nitrogens with zero attached hydrogens (tertiary/aromatic N) is 1. The Bertz CT molecular complexity index is 508. The summed E-state index contributed by atoms with van der Waals surface area (Å²) in [7, 11) is 0. The minimum atomic E-state index is 0.601. The van der Waals surface area contributed by atoms with Crippen molar-refractivity contribution in [3.63, 3.8) is 0 Å². The summed E-state index contributed by atoms with van der Waals surface area (Å²) >= 11 is 5.22. The van der Waals surface area contributed by atoms with Gasteiger partial charge in [-0.2, -0.15) is 0 Å². The fourth-order valence-electron chi connectivity index (χ4n) is 1.50.